The highest BCUT2D eigenvalue weighted by atomic mass is 16.5. The second kappa shape index (κ2) is 4.28. The van der Waals surface area contributed by atoms with Gasteiger partial charge in [0.05, 0.1) is 7.11 Å². The fourth-order valence-electron chi connectivity index (χ4n) is 0.576. The van der Waals surface area contributed by atoms with Crippen molar-refractivity contribution in [3.05, 3.63) is 0 Å². The summed E-state index contributed by atoms with van der Waals surface area (Å²) in [5, 5.41) is 9.11. The number of hydrogen-bond acceptors (Lipinski definition) is 3. The first-order valence-corrected chi connectivity index (χ1v) is 3.39. The van der Waals surface area contributed by atoms with Crippen LogP contribution in [0.25, 0.3) is 0 Å². The molecule has 10 heavy (non-hydrogen) atoms. The van der Waals surface area contributed by atoms with Crippen molar-refractivity contribution >= 4 is 5.97 Å². The Hall–Kier alpha value is -0.570. The lowest BCUT2D eigenvalue weighted by Gasteiger charge is -2.13. The third-order valence-electron chi connectivity index (χ3n) is 1.63. The molecule has 0 aromatic heterocycles. The number of carbonyl (C=O) groups excluding carboxylic acids is 1. The van der Waals surface area contributed by atoms with Crippen LogP contribution in [-0.4, -0.2) is 24.3 Å². The zero-order valence-electron chi connectivity index (χ0n) is 6.63. The number of hydrogen-bond donors (Lipinski definition) is 1. The summed E-state index contributed by atoms with van der Waals surface area (Å²) < 4.78 is 4.35. The zero-order chi connectivity index (χ0) is 8.15. The minimum absolute atomic E-state index is 0.0209. The first kappa shape index (κ1) is 9.43. The number of aliphatic hydroxyl groups excluding tert-OH is 1. The minimum Gasteiger partial charge on any atom is -0.467 e. The molecule has 0 saturated carbocycles. The van der Waals surface area contributed by atoms with Crippen LogP contribution in [0.1, 0.15) is 20.3 Å². The molecule has 0 aromatic carbocycles. The van der Waals surface area contributed by atoms with E-state index < -0.39 is 12.1 Å². The largest absolute Gasteiger partial charge is 0.467 e. The average molecular weight is 146 g/mol. The third-order valence-corrected chi connectivity index (χ3v) is 1.63. The Bertz CT molecular complexity index is 111. The van der Waals surface area contributed by atoms with E-state index in [-0.39, 0.29) is 5.92 Å². The first-order valence-electron chi connectivity index (χ1n) is 3.39. The third kappa shape index (κ3) is 2.35. The summed E-state index contributed by atoms with van der Waals surface area (Å²) in [5.74, 6) is -0.568. The van der Waals surface area contributed by atoms with Crippen molar-refractivity contribution in [2.24, 2.45) is 5.92 Å². The van der Waals surface area contributed by atoms with Gasteiger partial charge in [-0.25, -0.2) is 4.79 Å². The van der Waals surface area contributed by atoms with Gasteiger partial charge in [0.25, 0.3) is 0 Å². The van der Waals surface area contributed by atoms with E-state index in [0.29, 0.717) is 0 Å². The standard InChI is InChI=1S/C7H14O3/c1-4-5(2)6(8)7(9)10-3/h5-6,8H,4H2,1-3H3/t5?,6-/m0/s1. The van der Waals surface area contributed by atoms with Crippen LogP contribution in [0, 0.1) is 5.92 Å². The van der Waals surface area contributed by atoms with Crippen LogP contribution in [0.2, 0.25) is 0 Å². The lowest BCUT2D eigenvalue weighted by Crippen LogP contribution is -2.28. The van der Waals surface area contributed by atoms with Crippen LogP contribution >= 0.6 is 0 Å². The second-order valence-corrected chi connectivity index (χ2v) is 2.35. The van der Waals surface area contributed by atoms with E-state index in [9.17, 15) is 4.79 Å². The van der Waals surface area contributed by atoms with Gasteiger partial charge in [0.2, 0.25) is 0 Å². The summed E-state index contributed by atoms with van der Waals surface area (Å²) in [6, 6.07) is 0. The number of rotatable bonds is 3. The highest BCUT2D eigenvalue weighted by molar-refractivity contribution is 5.74. The molecule has 0 aliphatic heterocycles. The van der Waals surface area contributed by atoms with Crippen LogP contribution < -0.4 is 0 Å². The molecule has 0 fully saturated rings. The molecule has 2 atom stereocenters. The number of esters is 1. The summed E-state index contributed by atoms with van der Waals surface area (Å²) in [6.07, 6.45) is -0.189. The minimum atomic E-state index is -0.963. The molecule has 0 spiro atoms. The fourth-order valence-corrected chi connectivity index (χ4v) is 0.576. The Morgan fingerprint density at radius 2 is 2.20 bits per heavy atom. The average Bonchev–Trinajstić information content (AvgIpc) is 2.00. The zero-order valence-corrected chi connectivity index (χ0v) is 6.63. The van der Waals surface area contributed by atoms with Crippen LogP contribution in [0.4, 0.5) is 0 Å². The molecule has 0 bridgehead atoms. The van der Waals surface area contributed by atoms with Crippen molar-refractivity contribution in [3.8, 4) is 0 Å². The summed E-state index contributed by atoms with van der Waals surface area (Å²) in [6.45, 7) is 3.72. The molecular formula is C7H14O3. The van der Waals surface area contributed by atoms with Gasteiger partial charge in [0.1, 0.15) is 0 Å². The molecule has 3 nitrogen and oxygen atoms in total. The van der Waals surface area contributed by atoms with E-state index in [0.717, 1.165) is 6.42 Å². The van der Waals surface area contributed by atoms with E-state index in [1.807, 2.05) is 13.8 Å². The maximum atomic E-state index is 10.6. The predicted molar refractivity (Wildman–Crippen MR) is 37.5 cm³/mol. The van der Waals surface area contributed by atoms with Gasteiger partial charge in [0.15, 0.2) is 6.10 Å². The number of carbonyl (C=O) groups is 1. The topological polar surface area (TPSA) is 46.5 Å². The lowest BCUT2D eigenvalue weighted by atomic mass is 10.0. The monoisotopic (exact) mass is 146 g/mol. The number of ether oxygens (including phenoxy) is 1. The smallest absolute Gasteiger partial charge is 0.334 e. The van der Waals surface area contributed by atoms with Gasteiger partial charge in [-0.15, -0.1) is 0 Å². The van der Waals surface area contributed by atoms with Crippen molar-refractivity contribution < 1.29 is 14.6 Å². The summed E-state index contributed by atoms with van der Waals surface area (Å²) in [5.41, 5.74) is 0. The summed E-state index contributed by atoms with van der Waals surface area (Å²) in [4.78, 5) is 10.6. The number of methoxy groups -OCH3 is 1. The summed E-state index contributed by atoms with van der Waals surface area (Å²) in [7, 11) is 1.27. The van der Waals surface area contributed by atoms with Gasteiger partial charge in [-0.1, -0.05) is 20.3 Å². The van der Waals surface area contributed by atoms with Crippen LogP contribution in [0.5, 0.6) is 0 Å². The molecule has 1 unspecified atom stereocenters. The molecule has 60 valence electrons. The maximum absolute atomic E-state index is 10.6. The normalized spacial score (nSPS) is 16.0. The Morgan fingerprint density at radius 1 is 1.70 bits per heavy atom. The SMILES string of the molecule is CCC(C)[C@H](O)C(=O)OC. The van der Waals surface area contributed by atoms with Gasteiger partial charge < -0.3 is 9.84 Å². The van der Waals surface area contributed by atoms with Crippen LogP contribution in [0.3, 0.4) is 0 Å². The van der Waals surface area contributed by atoms with Gasteiger partial charge >= 0.3 is 5.97 Å². The summed E-state index contributed by atoms with van der Waals surface area (Å²) >= 11 is 0. The van der Waals surface area contributed by atoms with Gasteiger partial charge in [-0.2, -0.15) is 0 Å². The van der Waals surface area contributed by atoms with E-state index in [2.05, 4.69) is 4.74 Å². The van der Waals surface area contributed by atoms with Crippen molar-refractivity contribution in [2.45, 2.75) is 26.4 Å². The van der Waals surface area contributed by atoms with E-state index in [1.165, 1.54) is 7.11 Å². The Morgan fingerprint density at radius 3 is 2.50 bits per heavy atom. The molecular weight excluding hydrogens is 132 g/mol. The van der Waals surface area contributed by atoms with Gasteiger partial charge in [-0.3, -0.25) is 0 Å². The highest BCUT2D eigenvalue weighted by Gasteiger charge is 2.20. The molecule has 1 N–H and O–H groups in total. The van der Waals surface area contributed by atoms with E-state index in [4.69, 9.17) is 5.11 Å². The molecule has 0 aliphatic rings. The quantitative estimate of drug-likeness (QED) is 0.592. The molecule has 3 heteroatoms. The molecule has 0 radical (unpaired) electrons. The molecule has 0 aliphatic carbocycles. The van der Waals surface area contributed by atoms with E-state index >= 15 is 0 Å². The first-order chi connectivity index (χ1) is 4.63. The van der Waals surface area contributed by atoms with Gasteiger partial charge in [0, 0.05) is 0 Å². The Balaban J connectivity index is 3.81. The van der Waals surface area contributed by atoms with Crippen molar-refractivity contribution in [2.75, 3.05) is 7.11 Å². The molecule has 0 saturated heterocycles. The van der Waals surface area contributed by atoms with Crippen molar-refractivity contribution in [1.82, 2.24) is 0 Å². The van der Waals surface area contributed by atoms with Crippen molar-refractivity contribution in [1.29, 1.82) is 0 Å². The fraction of sp³-hybridized carbons (Fsp3) is 0.857. The molecule has 0 rings (SSSR count). The van der Waals surface area contributed by atoms with Gasteiger partial charge in [-0.05, 0) is 5.92 Å². The maximum Gasteiger partial charge on any atom is 0.334 e. The second-order valence-electron chi connectivity index (χ2n) is 2.35. The van der Waals surface area contributed by atoms with Crippen molar-refractivity contribution in [3.63, 3.8) is 0 Å². The predicted octanol–water partition coefficient (Wildman–Crippen LogP) is 0.566. The highest BCUT2D eigenvalue weighted by Crippen LogP contribution is 2.07. The van der Waals surface area contributed by atoms with Crippen LogP contribution in [0.15, 0.2) is 0 Å². The van der Waals surface area contributed by atoms with E-state index in [1.54, 1.807) is 0 Å². The molecule has 0 aromatic rings. The Kier molecular flexibility index (Phi) is 4.03. The lowest BCUT2D eigenvalue weighted by molar-refractivity contribution is -0.153. The molecule has 0 heterocycles. The van der Waals surface area contributed by atoms with Crippen LogP contribution in [-0.2, 0) is 9.53 Å². The molecule has 0 amide bonds. The Labute approximate surface area is 61.0 Å². The number of aliphatic hydroxyl groups is 1.